The van der Waals surface area contributed by atoms with Gasteiger partial charge in [0.15, 0.2) is 0 Å². The van der Waals surface area contributed by atoms with Crippen LogP contribution >= 0.6 is 0 Å². The van der Waals surface area contributed by atoms with E-state index in [-0.39, 0.29) is 16.5 Å². The van der Waals surface area contributed by atoms with E-state index in [1.807, 2.05) is 30.3 Å². The molecule has 0 spiro atoms. The number of nitrogens with zero attached hydrogens (tertiary/aromatic N) is 4. The van der Waals surface area contributed by atoms with Crippen molar-refractivity contribution in [2.45, 2.75) is 62.3 Å². The van der Waals surface area contributed by atoms with Gasteiger partial charge in [-0.05, 0) is 56.0 Å². The molecule has 39 heavy (non-hydrogen) atoms. The van der Waals surface area contributed by atoms with E-state index in [0.717, 1.165) is 50.6 Å². The Hall–Kier alpha value is -3.74. The van der Waals surface area contributed by atoms with Crippen molar-refractivity contribution in [3.63, 3.8) is 0 Å². The molecule has 2 heterocycles. The largest absolute Gasteiger partial charge is 0.349 e. The maximum Gasteiger partial charge on any atom is 0.262 e. The van der Waals surface area contributed by atoms with Crippen LogP contribution in [-0.4, -0.2) is 47.5 Å². The molecule has 0 atom stereocenters. The van der Waals surface area contributed by atoms with E-state index in [1.54, 1.807) is 45.5 Å². The number of rotatable bonds is 7. The molecule has 1 aliphatic heterocycles. The third-order valence-corrected chi connectivity index (χ3v) is 9.32. The Kier molecular flexibility index (Phi) is 8.24. The highest BCUT2D eigenvalue weighted by Gasteiger charge is 2.27. The van der Waals surface area contributed by atoms with Gasteiger partial charge in [0.1, 0.15) is 17.3 Å². The summed E-state index contributed by atoms with van der Waals surface area (Å²) < 4.78 is 30.0. The number of carbonyl (C=O) groups excluding carboxylic acids is 1. The van der Waals surface area contributed by atoms with Crippen molar-refractivity contribution in [1.82, 2.24) is 19.4 Å². The number of hydrogen-bond acceptors (Lipinski definition) is 5. The normalized spacial score (nSPS) is 17.5. The molecule has 2 aromatic carbocycles. The van der Waals surface area contributed by atoms with E-state index in [4.69, 9.17) is 5.10 Å². The maximum absolute atomic E-state index is 13.4. The highest BCUT2D eigenvalue weighted by molar-refractivity contribution is 7.89. The fourth-order valence-electron chi connectivity index (χ4n) is 5.30. The van der Waals surface area contributed by atoms with E-state index in [1.165, 1.54) is 6.42 Å². The third kappa shape index (κ3) is 6.13. The molecule has 5 rings (SSSR count). The molecule has 2 fully saturated rings. The first-order valence-corrected chi connectivity index (χ1v) is 15.1. The summed E-state index contributed by atoms with van der Waals surface area (Å²) in [5, 5.41) is 17.7. The van der Waals surface area contributed by atoms with Crippen LogP contribution in [0.1, 0.15) is 56.9 Å². The van der Waals surface area contributed by atoms with Crippen LogP contribution in [0, 0.1) is 11.3 Å². The lowest BCUT2D eigenvalue weighted by molar-refractivity contribution is -0.117. The van der Waals surface area contributed by atoms with E-state index >= 15 is 0 Å². The number of nitriles is 1. The second kappa shape index (κ2) is 12.0. The Bertz CT molecular complexity index is 1490. The first-order valence-electron chi connectivity index (χ1n) is 13.6. The first-order chi connectivity index (χ1) is 19.0. The highest BCUT2D eigenvalue weighted by Crippen LogP contribution is 2.29. The van der Waals surface area contributed by atoms with Crippen molar-refractivity contribution in [3.05, 3.63) is 71.9 Å². The van der Waals surface area contributed by atoms with Gasteiger partial charge in [-0.2, -0.15) is 14.7 Å². The van der Waals surface area contributed by atoms with Gasteiger partial charge in [0, 0.05) is 36.5 Å². The smallest absolute Gasteiger partial charge is 0.262 e. The minimum Gasteiger partial charge on any atom is -0.349 e. The van der Waals surface area contributed by atoms with Gasteiger partial charge in [-0.1, -0.05) is 56.0 Å². The molecule has 0 unspecified atom stereocenters. The van der Waals surface area contributed by atoms with Gasteiger partial charge in [-0.3, -0.25) is 4.79 Å². The van der Waals surface area contributed by atoms with Crippen LogP contribution in [0.3, 0.4) is 0 Å². The molecule has 0 radical (unpaired) electrons. The maximum atomic E-state index is 13.4. The molecule has 1 aromatic heterocycles. The fraction of sp³-hybridized carbons (Fsp3) is 0.367. The van der Waals surface area contributed by atoms with E-state index < -0.39 is 15.9 Å². The number of hydrogen-bond donors (Lipinski definition) is 1. The lowest BCUT2D eigenvalue weighted by Crippen LogP contribution is -2.36. The third-order valence-electron chi connectivity index (χ3n) is 7.43. The van der Waals surface area contributed by atoms with Crippen LogP contribution in [0.5, 0.6) is 0 Å². The topological polar surface area (TPSA) is 108 Å². The van der Waals surface area contributed by atoms with Gasteiger partial charge in [0.2, 0.25) is 10.0 Å². The number of nitrogens with one attached hydrogen (secondary N) is 1. The predicted octanol–water partition coefficient (Wildman–Crippen LogP) is 5.07. The number of carbonyl (C=O) groups is 1. The quantitative estimate of drug-likeness (QED) is 0.331. The molecule has 202 valence electrons. The molecule has 1 amide bonds. The highest BCUT2D eigenvalue weighted by atomic mass is 32.2. The van der Waals surface area contributed by atoms with Gasteiger partial charge >= 0.3 is 0 Å². The molecule has 1 saturated heterocycles. The number of para-hydroxylation sites is 1. The predicted molar refractivity (Wildman–Crippen MR) is 150 cm³/mol. The number of sulfonamides is 1. The monoisotopic (exact) mass is 543 g/mol. The fourth-order valence-corrected chi connectivity index (χ4v) is 6.87. The van der Waals surface area contributed by atoms with Gasteiger partial charge in [-0.15, -0.1) is 0 Å². The Morgan fingerprint density at radius 3 is 2.41 bits per heavy atom. The molecule has 3 aromatic rings. The molecular formula is C30H33N5O3S. The number of benzene rings is 2. The molecular weight excluding hydrogens is 510 g/mol. The van der Waals surface area contributed by atoms with Gasteiger partial charge in [0.25, 0.3) is 5.91 Å². The van der Waals surface area contributed by atoms with Crippen LogP contribution in [0.25, 0.3) is 23.0 Å². The lowest BCUT2D eigenvalue weighted by atomic mass is 9.95. The first kappa shape index (κ1) is 26.9. The van der Waals surface area contributed by atoms with Crippen molar-refractivity contribution in [1.29, 1.82) is 5.26 Å². The standard InChI is InChI=1S/C30H33N5O3S/c31-21-24(30(36)32-26-12-4-1-5-13-26)19-25-22-35(27-14-6-2-7-15-27)33-29(25)23-11-10-16-28(20-23)39(37,38)34-17-8-3-9-18-34/h2,6-7,10-11,14-16,19-20,22,26H,1,3-5,8-9,12-13,17-18H2,(H,32,36). The minimum atomic E-state index is -3.64. The zero-order valence-electron chi connectivity index (χ0n) is 21.9. The average molecular weight is 544 g/mol. The van der Waals surface area contributed by atoms with Crippen molar-refractivity contribution in [2.75, 3.05) is 13.1 Å². The zero-order valence-corrected chi connectivity index (χ0v) is 22.7. The van der Waals surface area contributed by atoms with Crippen molar-refractivity contribution in [3.8, 4) is 23.0 Å². The summed E-state index contributed by atoms with van der Waals surface area (Å²) in [6, 6.07) is 18.4. The summed E-state index contributed by atoms with van der Waals surface area (Å²) in [7, 11) is -3.64. The van der Waals surface area contributed by atoms with Crippen molar-refractivity contribution in [2.24, 2.45) is 0 Å². The van der Waals surface area contributed by atoms with Crippen molar-refractivity contribution >= 4 is 22.0 Å². The summed E-state index contributed by atoms with van der Waals surface area (Å²) in [4.78, 5) is 13.2. The molecule has 1 N–H and O–H groups in total. The van der Waals surface area contributed by atoms with Gasteiger partial charge in [-0.25, -0.2) is 13.1 Å². The Morgan fingerprint density at radius 2 is 1.69 bits per heavy atom. The Labute approximate surface area is 230 Å². The summed E-state index contributed by atoms with van der Waals surface area (Å²) in [6.07, 6.45) is 11.2. The van der Waals surface area contributed by atoms with Crippen LogP contribution in [0.2, 0.25) is 0 Å². The van der Waals surface area contributed by atoms with Crippen molar-refractivity contribution < 1.29 is 13.2 Å². The van der Waals surface area contributed by atoms with Crippen LogP contribution in [0.4, 0.5) is 0 Å². The lowest BCUT2D eigenvalue weighted by Gasteiger charge is -2.26. The minimum absolute atomic E-state index is 0.00784. The molecule has 1 saturated carbocycles. The zero-order chi connectivity index (χ0) is 27.2. The van der Waals surface area contributed by atoms with Gasteiger partial charge in [0.05, 0.1) is 10.6 Å². The Morgan fingerprint density at radius 1 is 0.974 bits per heavy atom. The summed E-state index contributed by atoms with van der Waals surface area (Å²) in [5.74, 6) is -0.399. The van der Waals surface area contributed by atoms with Crippen LogP contribution in [-0.2, 0) is 14.8 Å². The molecule has 8 nitrogen and oxygen atoms in total. The van der Waals surface area contributed by atoms with Gasteiger partial charge < -0.3 is 5.32 Å². The molecule has 1 aliphatic carbocycles. The van der Waals surface area contributed by atoms with Crippen LogP contribution in [0.15, 0.2) is 71.3 Å². The second-order valence-electron chi connectivity index (χ2n) is 10.2. The molecule has 9 heteroatoms. The second-order valence-corrected chi connectivity index (χ2v) is 12.1. The Balaban J connectivity index is 1.53. The van der Waals surface area contributed by atoms with E-state index in [0.29, 0.717) is 29.9 Å². The van der Waals surface area contributed by atoms with E-state index in [9.17, 15) is 18.5 Å². The molecule has 0 bridgehead atoms. The van der Waals surface area contributed by atoms with E-state index in [2.05, 4.69) is 11.4 Å². The molecule has 2 aliphatic rings. The summed E-state index contributed by atoms with van der Waals surface area (Å²) >= 11 is 0. The van der Waals surface area contributed by atoms with Crippen LogP contribution < -0.4 is 5.32 Å². The SMILES string of the molecule is N#CC(=Cc1cn(-c2ccccc2)nc1-c1cccc(S(=O)(=O)N2CCCCC2)c1)C(=O)NC1CCCCC1. The number of aromatic nitrogens is 2. The average Bonchev–Trinajstić information content (AvgIpc) is 3.41. The number of amides is 1. The number of piperidine rings is 1. The summed E-state index contributed by atoms with van der Waals surface area (Å²) in [6.45, 7) is 1.04. The summed E-state index contributed by atoms with van der Waals surface area (Å²) in [5.41, 5.74) is 2.45.